The number of methoxy groups -OCH3 is 1. The molecule has 1 aliphatic heterocycles. The first-order valence-electron chi connectivity index (χ1n) is 12.5. The maximum atomic E-state index is 13.0. The van der Waals surface area contributed by atoms with E-state index in [-0.39, 0.29) is 18.9 Å². The summed E-state index contributed by atoms with van der Waals surface area (Å²) in [5.74, 6) is -2.67. The normalized spacial score (nSPS) is 17.4. The first kappa shape index (κ1) is 30.6. The first-order valence-corrected chi connectivity index (χ1v) is 12.5. The van der Waals surface area contributed by atoms with Gasteiger partial charge in [0.25, 0.3) is 0 Å². The molecule has 0 radical (unpaired) electrons. The average molecular weight is 535 g/mol. The molecule has 210 valence electrons. The Morgan fingerprint density at radius 3 is 2.37 bits per heavy atom. The number of carbonyl (C=O) groups excluding carboxylic acids is 5. The predicted octanol–water partition coefficient (Wildman–Crippen LogP) is 0.785. The maximum absolute atomic E-state index is 13.0. The van der Waals surface area contributed by atoms with Gasteiger partial charge in [0.05, 0.1) is 25.4 Å². The molecule has 2 rings (SSSR count). The number of rotatable bonds is 12. The second-order valence-corrected chi connectivity index (χ2v) is 9.99. The second-order valence-electron chi connectivity index (χ2n) is 9.99. The zero-order chi connectivity index (χ0) is 28.3. The van der Waals surface area contributed by atoms with Gasteiger partial charge in [-0.05, 0) is 46.1 Å². The molecule has 0 bridgehead atoms. The van der Waals surface area contributed by atoms with Crippen molar-refractivity contribution in [2.45, 2.75) is 70.9 Å². The Hall–Kier alpha value is -3.67. The summed E-state index contributed by atoms with van der Waals surface area (Å²) in [4.78, 5) is 62.1. The highest BCUT2D eigenvalue weighted by Crippen LogP contribution is 2.17. The van der Waals surface area contributed by atoms with E-state index in [0.29, 0.717) is 13.0 Å². The summed E-state index contributed by atoms with van der Waals surface area (Å²) in [5, 5.41) is 10.2. The highest BCUT2D eigenvalue weighted by molar-refractivity contribution is 5.91. The largest absolute Gasteiger partial charge is 0.467 e. The fourth-order valence-electron chi connectivity index (χ4n) is 3.95. The summed E-state index contributed by atoms with van der Waals surface area (Å²) in [6, 6.07) is 6.82. The summed E-state index contributed by atoms with van der Waals surface area (Å²) in [5.41, 5.74) is 0.153. The van der Waals surface area contributed by atoms with Crippen LogP contribution in [0.5, 0.6) is 0 Å². The molecule has 1 fully saturated rings. The van der Waals surface area contributed by atoms with Crippen LogP contribution in [0.25, 0.3) is 0 Å². The van der Waals surface area contributed by atoms with Crippen LogP contribution in [0.4, 0.5) is 4.79 Å². The smallest absolute Gasteiger partial charge is 0.408 e. The zero-order valence-electron chi connectivity index (χ0n) is 22.5. The molecule has 1 saturated heterocycles. The van der Waals surface area contributed by atoms with E-state index in [0.717, 1.165) is 5.56 Å². The van der Waals surface area contributed by atoms with Gasteiger partial charge < -0.3 is 35.5 Å². The molecular formula is C26H38N4O8. The number of carbonyl (C=O) groups is 5. The molecule has 4 amide bonds. The molecule has 2 unspecified atom stereocenters. The van der Waals surface area contributed by atoms with E-state index in [4.69, 9.17) is 14.2 Å². The Bertz CT molecular complexity index is 979. The van der Waals surface area contributed by atoms with Crippen molar-refractivity contribution in [3.63, 3.8) is 0 Å². The van der Waals surface area contributed by atoms with Gasteiger partial charge in [-0.15, -0.1) is 0 Å². The number of amides is 4. The third-order valence-corrected chi connectivity index (χ3v) is 5.70. The van der Waals surface area contributed by atoms with Crippen LogP contribution < -0.4 is 21.3 Å². The fraction of sp³-hybridized carbons (Fsp3) is 0.577. The van der Waals surface area contributed by atoms with E-state index in [1.807, 2.05) is 18.2 Å². The SMILES string of the molecule is COC(=O)[C@H](C[C@@H]1CCNC1=O)NC(=O)CNC(=O)C(NC(=O)OCc1ccccc1)C(C)OC(C)(C)C. The number of nitrogens with one attached hydrogen (secondary N) is 4. The van der Waals surface area contributed by atoms with Crippen LogP contribution in [-0.2, 0) is 40.0 Å². The molecule has 1 aliphatic rings. The van der Waals surface area contributed by atoms with E-state index < -0.39 is 60.1 Å². The van der Waals surface area contributed by atoms with Crippen molar-refractivity contribution in [1.82, 2.24) is 21.3 Å². The molecule has 1 aromatic rings. The molecule has 4 N–H and O–H groups in total. The van der Waals surface area contributed by atoms with Gasteiger partial charge >= 0.3 is 12.1 Å². The van der Waals surface area contributed by atoms with Gasteiger partial charge in [-0.3, -0.25) is 14.4 Å². The maximum Gasteiger partial charge on any atom is 0.408 e. The fourth-order valence-corrected chi connectivity index (χ4v) is 3.95. The van der Waals surface area contributed by atoms with Crippen LogP contribution in [-0.4, -0.2) is 73.8 Å². The van der Waals surface area contributed by atoms with Crippen molar-refractivity contribution < 1.29 is 38.2 Å². The lowest BCUT2D eigenvalue weighted by atomic mass is 9.98. The number of hydrogen-bond acceptors (Lipinski definition) is 8. The Labute approximate surface area is 222 Å². The molecule has 0 saturated carbocycles. The summed E-state index contributed by atoms with van der Waals surface area (Å²) in [6.07, 6.45) is -0.987. The Balaban J connectivity index is 1.98. The van der Waals surface area contributed by atoms with E-state index in [2.05, 4.69) is 21.3 Å². The molecular weight excluding hydrogens is 496 g/mol. The predicted molar refractivity (Wildman–Crippen MR) is 137 cm³/mol. The number of hydrogen-bond donors (Lipinski definition) is 4. The van der Waals surface area contributed by atoms with E-state index in [1.165, 1.54) is 7.11 Å². The summed E-state index contributed by atoms with van der Waals surface area (Å²) < 4.78 is 15.8. The molecule has 4 atom stereocenters. The third-order valence-electron chi connectivity index (χ3n) is 5.70. The molecule has 0 aliphatic carbocycles. The molecule has 0 aromatic heterocycles. The van der Waals surface area contributed by atoms with Crippen LogP contribution in [0.2, 0.25) is 0 Å². The third kappa shape index (κ3) is 10.4. The molecule has 12 nitrogen and oxygen atoms in total. The topological polar surface area (TPSA) is 161 Å². The standard InChI is InChI=1S/C26H38N4O8/c1-16(38-26(2,3)4)21(30-25(35)37-15-17-9-7-6-8-10-17)23(33)28-14-20(31)29-19(24(34)36-5)13-18-11-12-27-22(18)32/h6-10,16,18-19,21H,11-15H2,1-5H3,(H,27,32)(H,28,33)(H,29,31)(H,30,35)/t16?,18-,19-,21?/m0/s1. The van der Waals surface area contributed by atoms with Crippen molar-refractivity contribution in [3.05, 3.63) is 35.9 Å². The Kier molecular flexibility index (Phi) is 11.5. The monoisotopic (exact) mass is 534 g/mol. The Morgan fingerprint density at radius 2 is 1.79 bits per heavy atom. The Morgan fingerprint density at radius 1 is 1.11 bits per heavy atom. The van der Waals surface area contributed by atoms with Crippen molar-refractivity contribution in [3.8, 4) is 0 Å². The lowest BCUT2D eigenvalue weighted by Crippen LogP contribution is -2.56. The minimum absolute atomic E-state index is 0.00581. The molecule has 12 heteroatoms. The lowest BCUT2D eigenvalue weighted by molar-refractivity contribution is -0.145. The highest BCUT2D eigenvalue weighted by atomic mass is 16.6. The lowest BCUT2D eigenvalue weighted by Gasteiger charge is -2.30. The molecule has 1 heterocycles. The van der Waals surface area contributed by atoms with Crippen LogP contribution in [0, 0.1) is 5.92 Å². The quantitative estimate of drug-likeness (QED) is 0.286. The van der Waals surface area contributed by atoms with E-state index in [9.17, 15) is 24.0 Å². The second kappa shape index (κ2) is 14.3. The van der Waals surface area contributed by atoms with Crippen LogP contribution >= 0.6 is 0 Å². The molecule has 1 aromatic carbocycles. The van der Waals surface area contributed by atoms with Crippen molar-refractivity contribution in [2.24, 2.45) is 5.92 Å². The highest BCUT2D eigenvalue weighted by Gasteiger charge is 2.33. The first-order chi connectivity index (χ1) is 17.9. The summed E-state index contributed by atoms with van der Waals surface area (Å²) in [6.45, 7) is 7.05. The van der Waals surface area contributed by atoms with Gasteiger partial charge in [0.2, 0.25) is 17.7 Å². The summed E-state index contributed by atoms with van der Waals surface area (Å²) >= 11 is 0. The number of ether oxygens (including phenoxy) is 3. The van der Waals surface area contributed by atoms with Crippen molar-refractivity contribution in [2.75, 3.05) is 20.2 Å². The molecule has 38 heavy (non-hydrogen) atoms. The van der Waals surface area contributed by atoms with Crippen LogP contribution in [0.3, 0.4) is 0 Å². The summed E-state index contributed by atoms with van der Waals surface area (Å²) in [7, 11) is 1.18. The van der Waals surface area contributed by atoms with Gasteiger partial charge in [0.15, 0.2) is 0 Å². The molecule has 0 spiro atoms. The van der Waals surface area contributed by atoms with Crippen molar-refractivity contribution >= 4 is 29.8 Å². The zero-order valence-corrected chi connectivity index (χ0v) is 22.5. The number of benzene rings is 1. The van der Waals surface area contributed by atoms with E-state index >= 15 is 0 Å². The minimum Gasteiger partial charge on any atom is -0.467 e. The van der Waals surface area contributed by atoms with E-state index in [1.54, 1.807) is 39.8 Å². The van der Waals surface area contributed by atoms with Gasteiger partial charge in [0.1, 0.15) is 18.7 Å². The van der Waals surface area contributed by atoms with Gasteiger partial charge in [0, 0.05) is 12.5 Å². The number of esters is 1. The number of alkyl carbamates (subject to hydrolysis) is 1. The van der Waals surface area contributed by atoms with Gasteiger partial charge in [-0.25, -0.2) is 9.59 Å². The van der Waals surface area contributed by atoms with Crippen LogP contribution in [0.1, 0.15) is 46.1 Å². The van der Waals surface area contributed by atoms with Crippen LogP contribution in [0.15, 0.2) is 30.3 Å². The van der Waals surface area contributed by atoms with Gasteiger partial charge in [-0.2, -0.15) is 0 Å². The van der Waals surface area contributed by atoms with Crippen molar-refractivity contribution in [1.29, 1.82) is 0 Å². The van der Waals surface area contributed by atoms with Gasteiger partial charge in [-0.1, -0.05) is 30.3 Å². The minimum atomic E-state index is -1.18. The average Bonchev–Trinajstić information content (AvgIpc) is 3.27.